The lowest BCUT2D eigenvalue weighted by atomic mass is 9.98. The minimum absolute atomic E-state index is 0.0113. The molecule has 28 heavy (non-hydrogen) atoms. The van der Waals surface area contributed by atoms with Gasteiger partial charge >= 0.3 is 6.11 Å². The van der Waals surface area contributed by atoms with Crippen LogP contribution in [0.15, 0.2) is 36.1 Å². The van der Waals surface area contributed by atoms with Crippen LogP contribution >= 0.6 is 0 Å². The van der Waals surface area contributed by atoms with Crippen molar-refractivity contribution in [2.45, 2.75) is 32.0 Å². The average molecular weight is 406 g/mol. The Kier molecular flexibility index (Phi) is 5.27. The number of benzene rings is 2. The summed E-state index contributed by atoms with van der Waals surface area (Å²) in [7, 11) is 0. The number of hydrogen-bond donors (Lipinski definition) is 0. The maximum atomic E-state index is 14.3. The lowest BCUT2D eigenvalue weighted by Crippen LogP contribution is -2.26. The van der Waals surface area contributed by atoms with Crippen molar-refractivity contribution in [2.24, 2.45) is 0 Å². The van der Waals surface area contributed by atoms with Gasteiger partial charge in [-0.1, -0.05) is 0 Å². The van der Waals surface area contributed by atoms with Crippen LogP contribution in [0, 0.1) is 29.1 Å². The van der Waals surface area contributed by atoms with Gasteiger partial charge in [-0.15, -0.1) is 0 Å². The second-order valence-corrected chi connectivity index (χ2v) is 6.31. The van der Waals surface area contributed by atoms with Crippen LogP contribution in [0.25, 0.3) is 0 Å². The summed E-state index contributed by atoms with van der Waals surface area (Å²) in [5.41, 5.74) is -0.811. The normalized spacial score (nSPS) is 17.1. The number of hydrogen-bond acceptors (Lipinski definition) is 2. The SMILES string of the molecule is CC1=COC(c2cc(F)c(C(F)(F)Oc3cc(F)c(F)c(F)c3)c(F)c2)CC1. The lowest BCUT2D eigenvalue weighted by molar-refractivity contribution is -0.189. The number of allylic oxidation sites excluding steroid dienone is 1. The van der Waals surface area contributed by atoms with Gasteiger partial charge in [-0.05, 0) is 43.0 Å². The van der Waals surface area contributed by atoms with Crippen LogP contribution in [-0.2, 0) is 10.8 Å². The zero-order valence-electron chi connectivity index (χ0n) is 14.3. The molecule has 2 nitrogen and oxygen atoms in total. The third kappa shape index (κ3) is 3.93. The average Bonchev–Trinajstić information content (AvgIpc) is 2.59. The minimum atomic E-state index is -4.62. The van der Waals surface area contributed by atoms with Gasteiger partial charge in [0.1, 0.15) is 29.1 Å². The first-order valence-corrected chi connectivity index (χ1v) is 8.10. The van der Waals surface area contributed by atoms with Gasteiger partial charge in [0.15, 0.2) is 17.5 Å². The first kappa shape index (κ1) is 20.0. The number of ether oxygens (including phenoxy) is 2. The van der Waals surface area contributed by atoms with Crippen molar-refractivity contribution in [1.82, 2.24) is 0 Å². The van der Waals surface area contributed by atoms with Crippen molar-refractivity contribution in [3.63, 3.8) is 0 Å². The zero-order valence-corrected chi connectivity index (χ0v) is 14.3. The van der Waals surface area contributed by atoms with E-state index in [-0.39, 0.29) is 17.7 Å². The maximum Gasteiger partial charge on any atom is 0.432 e. The Balaban J connectivity index is 1.91. The Morgan fingerprint density at radius 1 is 0.929 bits per heavy atom. The molecule has 2 aromatic rings. The Morgan fingerprint density at radius 2 is 1.50 bits per heavy atom. The fourth-order valence-corrected chi connectivity index (χ4v) is 2.78. The van der Waals surface area contributed by atoms with E-state index in [1.807, 2.05) is 0 Å². The van der Waals surface area contributed by atoms with Crippen molar-refractivity contribution in [3.05, 3.63) is 76.3 Å². The minimum Gasteiger partial charge on any atom is -0.493 e. The molecule has 0 N–H and O–H groups in total. The largest absolute Gasteiger partial charge is 0.493 e. The van der Waals surface area contributed by atoms with Crippen molar-refractivity contribution in [3.8, 4) is 5.75 Å². The highest BCUT2D eigenvalue weighted by atomic mass is 19.3. The van der Waals surface area contributed by atoms with Crippen LogP contribution in [-0.4, -0.2) is 0 Å². The van der Waals surface area contributed by atoms with Gasteiger partial charge in [-0.25, -0.2) is 22.0 Å². The third-order valence-corrected chi connectivity index (χ3v) is 4.16. The molecule has 1 heterocycles. The van der Waals surface area contributed by atoms with E-state index < -0.39 is 52.6 Å². The zero-order chi connectivity index (χ0) is 20.6. The summed E-state index contributed by atoms with van der Waals surface area (Å²) in [5, 5.41) is 0. The highest BCUT2D eigenvalue weighted by Gasteiger charge is 2.42. The molecule has 0 aromatic heterocycles. The first-order valence-electron chi connectivity index (χ1n) is 8.10. The third-order valence-electron chi connectivity index (χ3n) is 4.16. The van der Waals surface area contributed by atoms with Crippen LogP contribution in [0.1, 0.15) is 37.0 Å². The molecule has 0 saturated heterocycles. The van der Waals surface area contributed by atoms with Crippen LogP contribution in [0.3, 0.4) is 0 Å². The van der Waals surface area contributed by atoms with E-state index in [2.05, 4.69) is 4.74 Å². The molecular weight excluding hydrogens is 393 g/mol. The molecule has 3 rings (SSSR count). The maximum absolute atomic E-state index is 14.3. The molecule has 1 atom stereocenters. The van der Waals surface area contributed by atoms with Crippen molar-refractivity contribution in [1.29, 1.82) is 0 Å². The van der Waals surface area contributed by atoms with E-state index in [0.717, 1.165) is 5.57 Å². The molecule has 1 aliphatic heterocycles. The Hall–Kier alpha value is -2.71. The predicted octanol–water partition coefficient (Wildman–Crippen LogP) is 6.27. The second kappa shape index (κ2) is 7.37. The molecule has 0 aliphatic carbocycles. The molecule has 9 heteroatoms. The van der Waals surface area contributed by atoms with Gasteiger partial charge in [0.25, 0.3) is 0 Å². The number of halogens is 7. The highest BCUT2D eigenvalue weighted by Crippen LogP contribution is 2.38. The molecule has 1 aliphatic rings. The molecule has 0 radical (unpaired) electrons. The van der Waals surface area contributed by atoms with Crippen LogP contribution in [0.5, 0.6) is 5.75 Å². The summed E-state index contributed by atoms with van der Waals surface area (Å²) in [6.45, 7) is 1.81. The van der Waals surface area contributed by atoms with Gasteiger partial charge in [0.05, 0.1) is 6.26 Å². The number of rotatable bonds is 4. The molecule has 0 amide bonds. The molecule has 150 valence electrons. The monoisotopic (exact) mass is 406 g/mol. The fraction of sp³-hybridized carbons (Fsp3) is 0.263. The summed E-state index contributed by atoms with van der Waals surface area (Å²) in [6, 6.07) is 1.64. The Bertz CT molecular complexity index is 894. The van der Waals surface area contributed by atoms with Gasteiger partial charge < -0.3 is 9.47 Å². The highest BCUT2D eigenvalue weighted by molar-refractivity contribution is 5.32. The summed E-state index contributed by atoms with van der Waals surface area (Å²) in [6.07, 6.45) is -2.89. The molecule has 0 saturated carbocycles. The summed E-state index contributed by atoms with van der Waals surface area (Å²) >= 11 is 0. The molecule has 2 aromatic carbocycles. The summed E-state index contributed by atoms with van der Waals surface area (Å²) in [4.78, 5) is 0. The molecular formula is C19H13F7O2. The summed E-state index contributed by atoms with van der Waals surface area (Å²) < 4.78 is 106. The van der Waals surface area contributed by atoms with Crippen molar-refractivity contribution in [2.75, 3.05) is 0 Å². The molecule has 0 spiro atoms. The van der Waals surface area contributed by atoms with E-state index >= 15 is 0 Å². The Labute approximate surface area is 155 Å². The topological polar surface area (TPSA) is 18.5 Å². The first-order chi connectivity index (χ1) is 13.1. The van der Waals surface area contributed by atoms with E-state index in [4.69, 9.17) is 4.74 Å². The van der Waals surface area contributed by atoms with Crippen LogP contribution in [0.4, 0.5) is 30.7 Å². The fourth-order valence-electron chi connectivity index (χ4n) is 2.78. The van der Waals surface area contributed by atoms with Crippen LogP contribution in [0.2, 0.25) is 0 Å². The van der Waals surface area contributed by atoms with E-state index in [1.165, 1.54) is 6.26 Å². The number of alkyl halides is 2. The lowest BCUT2D eigenvalue weighted by Gasteiger charge is -2.24. The standard InChI is InChI=1S/C19H13F7O2/c1-9-2-3-16(27-8-9)10-4-12(20)17(13(21)5-10)19(25,26)28-11-6-14(22)18(24)15(23)7-11/h4-8,16H,2-3H2,1H3. The van der Waals surface area contributed by atoms with Crippen molar-refractivity contribution < 1.29 is 40.2 Å². The smallest absolute Gasteiger partial charge is 0.432 e. The van der Waals surface area contributed by atoms with Gasteiger partial charge in [-0.3, -0.25) is 0 Å². The molecule has 0 bridgehead atoms. The molecule has 1 unspecified atom stereocenters. The quantitative estimate of drug-likeness (QED) is 0.440. The summed E-state index contributed by atoms with van der Waals surface area (Å²) in [5.74, 6) is -9.87. The van der Waals surface area contributed by atoms with Gasteiger partial charge in [-0.2, -0.15) is 8.78 Å². The van der Waals surface area contributed by atoms with Gasteiger partial charge in [0.2, 0.25) is 0 Å². The van der Waals surface area contributed by atoms with E-state index in [0.29, 0.717) is 25.0 Å². The second-order valence-electron chi connectivity index (χ2n) is 6.31. The van der Waals surface area contributed by atoms with E-state index in [1.54, 1.807) is 6.92 Å². The van der Waals surface area contributed by atoms with Crippen LogP contribution < -0.4 is 4.74 Å². The molecule has 0 fully saturated rings. The Morgan fingerprint density at radius 3 is 2.00 bits per heavy atom. The van der Waals surface area contributed by atoms with Gasteiger partial charge in [0, 0.05) is 12.1 Å². The van der Waals surface area contributed by atoms with Crippen molar-refractivity contribution >= 4 is 0 Å². The van der Waals surface area contributed by atoms with E-state index in [9.17, 15) is 30.7 Å². The predicted molar refractivity (Wildman–Crippen MR) is 84.0 cm³/mol.